The second-order valence-electron chi connectivity index (χ2n) is 6.32. The van der Waals surface area contributed by atoms with Gasteiger partial charge in [-0.2, -0.15) is 0 Å². The van der Waals surface area contributed by atoms with E-state index in [1.54, 1.807) is 6.92 Å². The van der Waals surface area contributed by atoms with Crippen LogP contribution >= 0.6 is 0 Å². The third-order valence-corrected chi connectivity index (χ3v) is 4.28. The summed E-state index contributed by atoms with van der Waals surface area (Å²) in [6.45, 7) is 1.78. The van der Waals surface area contributed by atoms with Crippen molar-refractivity contribution < 1.29 is 19.5 Å². The minimum absolute atomic E-state index is 0.0183. The van der Waals surface area contributed by atoms with Crippen LogP contribution in [0.25, 0.3) is 0 Å². The van der Waals surface area contributed by atoms with E-state index in [1.165, 1.54) is 0 Å². The van der Waals surface area contributed by atoms with Crippen molar-refractivity contribution in [3.63, 3.8) is 0 Å². The molecule has 2 saturated carbocycles. The molecule has 0 spiro atoms. The van der Waals surface area contributed by atoms with Crippen molar-refractivity contribution >= 4 is 17.8 Å². The van der Waals surface area contributed by atoms with Gasteiger partial charge in [-0.15, -0.1) is 0 Å². The molecule has 6 heteroatoms. The first-order valence-corrected chi connectivity index (χ1v) is 7.80. The van der Waals surface area contributed by atoms with Gasteiger partial charge in [0.25, 0.3) is 0 Å². The number of rotatable bonds is 7. The van der Waals surface area contributed by atoms with Crippen LogP contribution in [-0.4, -0.2) is 35.0 Å². The Labute approximate surface area is 124 Å². The van der Waals surface area contributed by atoms with Crippen molar-refractivity contribution in [2.45, 2.75) is 64.0 Å². The predicted octanol–water partition coefficient (Wildman–Crippen LogP) is 1.05. The molecule has 0 saturated heterocycles. The maximum absolute atomic E-state index is 11.9. The monoisotopic (exact) mass is 296 g/mol. The summed E-state index contributed by atoms with van der Waals surface area (Å²) in [6, 6.07) is -1.05. The third kappa shape index (κ3) is 4.72. The fourth-order valence-electron chi connectivity index (χ4n) is 2.92. The van der Waals surface area contributed by atoms with Crippen LogP contribution in [0.4, 0.5) is 0 Å². The summed E-state index contributed by atoms with van der Waals surface area (Å²) in [5, 5.41) is 14.5. The molecular weight excluding hydrogens is 272 g/mol. The zero-order valence-corrected chi connectivity index (χ0v) is 12.4. The summed E-state index contributed by atoms with van der Waals surface area (Å²) >= 11 is 0. The van der Waals surface area contributed by atoms with Gasteiger partial charge >= 0.3 is 5.97 Å². The molecule has 0 radical (unpaired) electrons. The molecule has 118 valence electrons. The van der Waals surface area contributed by atoms with Gasteiger partial charge in [-0.05, 0) is 38.5 Å². The minimum Gasteiger partial charge on any atom is -0.480 e. The molecule has 2 fully saturated rings. The van der Waals surface area contributed by atoms with Crippen LogP contribution in [0.1, 0.15) is 51.9 Å². The minimum atomic E-state index is -0.978. The Kier molecular flexibility index (Phi) is 5.20. The molecule has 0 aromatic heterocycles. The molecule has 2 amide bonds. The molecule has 2 rings (SSSR count). The summed E-state index contributed by atoms with van der Waals surface area (Å²) in [5.41, 5.74) is 0. The van der Waals surface area contributed by atoms with E-state index < -0.39 is 12.0 Å². The van der Waals surface area contributed by atoms with E-state index in [0.717, 1.165) is 38.5 Å². The predicted molar refractivity (Wildman–Crippen MR) is 76.5 cm³/mol. The smallest absolute Gasteiger partial charge is 0.326 e. The summed E-state index contributed by atoms with van der Waals surface area (Å²) < 4.78 is 0. The number of amides is 2. The summed E-state index contributed by atoms with van der Waals surface area (Å²) in [4.78, 5) is 34.9. The van der Waals surface area contributed by atoms with Gasteiger partial charge in [-0.3, -0.25) is 9.59 Å². The Balaban J connectivity index is 1.73. The molecule has 3 N–H and O–H groups in total. The zero-order chi connectivity index (χ0) is 15.4. The van der Waals surface area contributed by atoms with Crippen LogP contribution in [-0.2, 0) is 14.4 Å². The maximum Gasteiger partial charge on any atom is 0.326 e. The number of hydrogen-bond donors (Lipinski definition) is 3. The lowest BCUT2D eigenvalue weighted by Crippen LogP contribution is -2.45. The lowest BCUT2D eigenvalue weighted by atomic mass is 10.1. The van der Waals surface area contributed by atoms with Crippen molar-refractivity contribution in [3.05, 3.63) is 0 Å². The van der Waals surface area contributed by atoms with Crippen molar-refractivity contribution in [2.24, 2.45) is 11.8 Å². The highest BCUT2D eigenvalue weighted by Crippen LogP contribution is 2.32. The van der Waals surface area contributed by atoms with E-state index in [9.17, 15) is 14.4 Å². The SMILES string of the molecule is CC(CC(=O)NC(C(=O)O)C1CC1)NC(=O)C1CCCC1. The lowest BCUT2D eigenvalue weighted by Gasteiger charge is -2.18. The first kappa shape index (κ1) is 15.8. The number of aliphatic carboxylic acids is 1. The average Bonchev–Trinajstić information content (AvgIpc) is 3.08. The van der Waals surface area contributed by atoms with Gasteiger partial charge in [-0.25, -0.2) is 4.79 Å². The Morgan fingerprint density at radius 3 is 2.24 bits per heavy atom. The van der Waals surface area contributed by atoms with E-state index in [0.29, 0.717) is 0 Å². The number of carbonyl (C=O) groups is 3. The Morgan fingerprint density at radius 2 is 1.71 bits per heavy atom. The molecule has 21 heavy (non-hydrogen) atoms. The number of nitrogens with one attached hydrogen (secondary N) is 2. The fourth-order valence-corrected chi connectivity index (χ4v) is 2.92. The number of carboxylic acid groups (broad SMARTS) is 1. The van der Waals surface area contributed by atoms with Gasteiger partial charge in [0.2, 0.25) is 11.8 Å². The van der Waals surface area contributed by atoms with Gasteiger partial charge in [-0.1, -0.05) is 12.8 Å². The molecule has 2 atom stereocenters. The van der Waals surface area contributed by atoms with Crippen LogP contribution < -0.4 is 10.6 Å². The second kappa shape index (κ2) is 6.91. The van der Waals surface area contributed by atoms with Crippen molar-refractivity contribution in [1.82, 2.24) is 10.6 Å². The quantitative estimate of drug-likeness (QED) is 0.654. The van der Waals surface area contributed by atoms with E-state index in [2.05, 4.69) is 10.6 Å². The van der Waals surface area contributed by atoms with E-state index in [1.807, 2.05) is 0 Å². The molecule has 2 unspecified atom stereocenters. The molecule has 0 heterocycles. The largest absolute Gasteiger partial charge is 0.480 e. The van der Waals surface area contributed by atoms with Crippen LogP contribution in [0.2, 0.25) is 0 Å². The number of carbonyl (C=O) groups excluding carboxylic acids is 2. The first-order chi connectivity index (χ1) is 9.97. The second-order valence-corrected chi connectivity index (χ2v) is 6.32. The maximum atomic E-state index is 11.9. The normalized spacial score (nSPS) is 21.6. The van der Waals surface area contributed by atoms with Crippen LogP contribution in [0.15, 0.2) is 0 Å². The Morgan fingerprint density at radius 1 is 1.10 bits per heavy atom. The first-order valence-electron chi connectivity index (χ1n) is 7.80. The molecule has 6 nitrogen and oxygen atoms in total. The molecule has 2 aliphatic rings. The molecular formula is C15H24N2O4. The van der Waals surface area contributed by atoms with Gasteiger partial charge in [0, 0.05) is 18.4 Å². The van der Waals surface area contributed by atoms with E-state index in [-0.39, 0.29) is 36.1 Å². The van der Waals surface area contributed by atoms with Gasteiger partial charge in [0.1, 0.15) is 6.04 Å². The number of hydrogen-bond acceptors (Lipinski definition) is 3. The van der Waals surface area contributed by atoms with Crippen LogP contribution in [0.5, 0.6) is 0 Å². The molecule has 0 bridgehead atoms. The summed E-state index contributed by atoms with van der Waals surface area (Å²) in [7, 11) is 0. The topological polar surface area (TPSA) is 95.5 Å². The molecule has 2 aliphatic carbocycles. The third-order valence-electron chi connectivity index (χ3n) is 4.28. The Hall–Kier alpha value is -1.59. The van der Waals surface area contributed by atoms with Crippen LogP contribution in [0.3, 0.4) is 0 Å². The van der Waals surface area contributed by atoms with E-state index in [4.69, 9.17) is 5.11 Å². The highest BCUT2D eigenvalue weighted by molar-refractivity contribution is 5.85. The van der Waals surface area contributed by atoms with Crippen molar-refractivity contribution in [3.8, 4) is 0 Å². The van der Waals surface area contributed by atoms with E-state index >= 15 is 0 Å². The molecule has 0 aromatic carbocycles. The van der Waals surface area contributed by atoms with Gasteiger partial charge in [0.15, 0.2) is 0 Å². The molecule has 0 aromatic rings. The van der Waals surface area contributed by atoms with Gasteiger partial charge in [0.05, 0.1) is 0 Å². The Bertz CT molecular complexity index is 414. The van der Waals surface area contributed by atoms with Crippen LogP contribution in [0, 0.1) is 11.8 Å². The van der Waals surface area contributed by atoms with Gasteiger partial charge < -0.3 is 15.7 Å². The standard InChI is InChI=1S/C15H24N2O4/c1-9(16-14(19)11-4-2-3-5-11)8-12(18)17-13(15(20)21)10-6-7-10/h9-11,13H,2-8H2,1H3,(H,16,19)(H,17,18)(H,20,21). The number of carboxylic acids is 1. The zero-order valence-electron chi connectivity index (χ0n) is 12.4. The highest BCUT2D eigenvalue weighted by Gasteiger charge is 2.37. The van der Waals surface area contributed by atoms with Crippen molar-refractivity contribution in [1.29, 1.82) is 0 Å². The highest BCUT2D eigenvalue weighted by atomic mass is 16.4. The summed E-state index contributed by atoms with van der Waals surface area (Å²) in [5.74, 6) is -1.13. The fraction of sp³-hybridized carbons (Fsp3) is 0.800. The average molecular weight is 296 g/mol. The molecule has 0 aliphatic heterocycles. The lowest BCUT2D eigenvalue weighted by molar-refractivity contribution is -0.142. The van der Waals surface area contributed by atoms with Crippen molar-refractivity contribution in [2.75, 3.05) is 0 Å². The summed E-state index contributed by atoms with van der Waals surface area (Å²) in [6.07, 6.45) is 5.86.